The molecule has 2 aliphatic carbocycles. The van der Waals surface area contributed by atoms with Crippen molar-refractivity contribution in [3.63, 3.8) is 0 Å². The number of aromatic nitrogens is 5. The van der Waals surface area contributed by atoms with Crippen molar-refractivity contribution in [1.82, 2.24) is 29.0 Å². The van der Waals surface area contributed by atoms with Crippen LogP contribution in [-0.2, 0) is 13.6 Å². The zero-order valence-corrected chi connectivity index (χ0v) is 19.7. The fraction of sp³-hybridized carbons (Fsp3) is 0.440. The van der Waals surface area contributed by atoms with E-state index < -0.39 is 0 Å². The number of hydrogen-bond acceptors (Lipinski definition) is 5. The molecular weight excluding hydrogens is 450 g/mol. The number of imidazole rings is 1. The summed E-state index contributed by atoms with van der Waals surface area (Å²) in [6.07, 6.45) is 8.00. The number of halogens is 1. The first-order chi connectivity index (χ1) is 16.5. The highest BCUT2D eigenvalue weighted by molar-refractivity contribution is 6.35. The molecule has 4 aromatic rings. The Morgan fingerprint density at radius 3 is 2.76 bits per heavy atom. The number of aryl methyl sites for hydroxylation is 1. The lowest BCUT2D eigenvalue weighted by Crippen LogP contribution is -2.41. The van der Waals surface area contributed by atoms with E-state index in [1.165, 1.54) is 12.8 Å². The molecule has 1 saturated heterocycles. The summed E-state index contributed by atoms with van der Waals surface area (Å²) in [5.74, 6) is 1.88. The van der Waals surface area contributed by atoms with Gasteiger partial charge in [-0.2, -0.15) is 0 Å². The van der Waals surface area contributed by atoms with Crippen LogP contribution in [0.15, 0.2) is 30.6 Å². The fourth-order valence-electron chi connectivity index (χ4n) is 5.92. The summed E-state index contributed by atoms with van der Waals surface area (Å²) in [4.78, 5) is 29.4. The molecule has 1 aliphatic heterocycles. The summed E-state index contributed by atoms with van der Waals surface area (Å²) in [6, 6.07) is 5.99. The van der Waals surface area contributed by atoms with Gasteiger partial charge in [0, 0.05) is 50.0 Å². The van der Waals surface area contributed by atoms with E-state index in [0.717, 1.165) is 54.1 Å². The molecular formula is C25H26ClN7O. The van der Waals surface area contributed by atoms with Crippen LogP contribution in [0, 0.1) is 11.8 Å². The van der Waals surface area contributed by atoms with Crippen molar-refractivity contribution >= 4 is 39.7 Å². The minimum absolute atomic E-state index is 0.00285. The Labute approximate surface area is 201 Å². The second-order valence-corrected chi connectivity index (χ2v) is 10.5. The zero-order valence-electron chi connectivity index (χ0n) is 19.0. The summed E-state index contributed by atoms with van der Waals surface area (Å²) in [7, 11) is 1.96. The highest BCUT2D eigenvalue weighted by Crippen LogP contribution is 2.39. The number of piperidine rings is 1. The van der Waals surface area contributed by atoms with Gasteiger partial charge in [0.15, 0.2) is 11.5 Å². The van der Waals surface area contributed by atoms with E-state index in [1.54, 1.807) is 12.4 Å². The maximum Gasteiger partial charge on any atom is 0.255 e. The van der Waals surface area contributed by atoms with Gasteiger partial charge in [-0.05, 0) is 55.7 Å². The van der Waals surface area contributed by atoms with Crippen molar-refractivity contribution in [3.8, 4) is 11.5 Å². The van der Waals surface area contributed by atoms with Crippen LogP contribution < -0.4 is 5.73 Å². The molecule has 8 nitrogen and oxygen atoms in total. The molecule has 9 heteroatoms. The van der Waals surface area contributed by atoms with E-state index in [0.29, 0.717) is 27.9 Å². The summed E-state index contributed by atoms with van der Waals surface area (Å²) in [5, 5.41) is 1.61. The molecule has 3 fully saturated rings. The molecule has 0 radical (unpaired) electrons. The van der Waals surface area contributed by atoms with Gasteiger partial charge in [-0.1, -0.05) is 11.6 Å². The average Bonchev–Trinajstić information content (AvgIpc) is 3.23. The molecule has 174 valence electrons. The molecule has 34 heavy (non-hydrogen) atoms. The lowest BCUT2D eigenvalue weighted by atomic mass is 10.1. The third-order valence-corrected chi connectivity index (χ3v) is 8.31. The highest BCUT2D eigenvalue weighted by atomic mass is 35.5. The Morgan fingerprint density at radius 1 is 1.18 bits per heavy atom. The first-order valence-electron chi connectivity index (χ1n) is 12.0. The molecule has 4 aromatic heterocycles. The molecule has 0 spiro atoms. The molecule has 0 aromatic carbocycles. The molecule has 3 atom stereocenters. The molecule has 7 rings (SSSR count). The topological polar surface area (TPSA) is 94.9 Å². The van der Waals surface area contributed by atoms with Gasteiger partial charge in [0.25, 0.3) is 5.91 Å². The molecule has 0 unspecified atom stereocenters. The third kappa shape index (κ3) is 2.94. The second kappa shape index (κ2) is 7.26. The molecule has 2 bridgehead atoms. The van der Waals surface area contributed by atoms with Gasteiger partial charge in [0.2, 0.25) is 0 Å². The van der Waals surface area contributed by atoms with Gasteiger partial charge >= 0.3 is 0 Å². The van der Waals surface area contributed by atoms with Crippen LogP contribution in [0.3, 0.4) is 0 Å². The molecule has 2 saturated carbocycles. The van der Waals surface area contributed by atoms with Gasteiger partial charge in [0.05, 0.1) is 16.3 Å². The standard InChI is InChI=1S/C25H26ClN7O/c1-31-23-18(8-15(10-29-23)25(34)33-12-14-4-5-19(33)21(14)27)30-24(31)20-9-16-17(26)6-7-28-22(16)32(20)11-13-2-3-13/h6-10,13-14,19,21H,2-5,11-12,27H2,1H3/t14-,19-,21-/m1/s1. The fourth-order valence-corrected chi connectivity index (χ4v) is 6.11. The van der Waals surface area contributed by atoms with Crippen molar-refractivity contribution in [3.05, 3.63) is 41.2 Å². The van der Waals surface area contributed by atoms with Crippen LogP contribution in [0.25, 0.3) is 33.7 Å². The van der Waals surface area contributed by atoms with Crippen LogP contribution in [-0.4, -0.2) is 53.5 Å². The van der Waals surface area contributed by atoms with Gasteiger partial charge in [-0.25, -0.2) is 15.0 Å². The number of amides is 1. The summed E-state index contributed by atoms with van der Waals surface area (Å²) < 4.78 is 4.22. The van der Waals surface area contributed by atoms with Crippen LogP contribution >= 0.6 is 11.6 Å². The number of nitrogens with zero attached hydrogens (tertiary/aromatic N) is 6. The Morgan fingerprint density at radius 2 is 2.03 bits per heavy atom. The Hall–Kier alpha value is -2.97. The van der Waals surface area contributed by atoms with Gasteiger partial charge in [-0.3, -0.25) is 4.79 Å². The largest absolute Gasteiger partial charge is 0.334 e. The van der Waals surface area contributed by atoms with E-state index in [1.807, 2.05) is 28.6 Å². The van der Waals surface area contributed by atoms with Crippen LogP contribution in [0.2, 0.25) is 5.02 Å². The molecule has 2 N–H and O–H groups in total. The first-order valence-corrected chi connectivity index (χ1v) is 12.4. The van der Waals surface area contributed by atoms with E-state index in [9.17, 15) is 4.79 Å². The highest BCUT2D eigenvalue weighted by Gasteiger charge is 2.46. The summed E-state index contributed by atoms with van der Waals surface area (Å²) >= 11 is 6.51. The van der Waals surface area contributed by atoms with Gasteiger partial charge in [-0.15, -0.1) is 0 Å². The van der Waals surface area contributed by atoms with Crippen molar-refractivity contribution in [1.29, 1.82) is 0 Å². The lowest BCUT2D eigenvalue weighted by Gasteiger charge is -2.27. The van der Waals surface area contributed by atoms with E-state index >= 15 is 0 Å². The summed E-state index contributed by atoms with van der Waals surface area (Å²) in [5.41, 5.74) is 10.2. The number of hydrogen-bond donors (Lipinski definition) is 1. The SMILES string of the molecule is Cn1c(-c2cc3c(Cl)ccnc3n2CC2CC2)nc2cc(C(=O)N3C[C@H]4CC[C@@H]3[C@@H]4N)cnc21. The number of carbonyl (C=O) groups excluding carboxylic acids is 1. The first kappa shape index (κ1) is 20.4. The Bertz CT molecular complexity index is 1470. The second-order valence-electron chi connectivity index (χ2n) is 10.1. The smallest absolute Gasteiger partial charge is 0.255 e. The lowest BCUT2D eigenvalue weighted by molar-refractivity contribution is 0.0700. The van der Waals surface area contributed by atoms with Crippen molar-refractivity contribution in [2.24, 2.45) is 24.6 Å². The molecule has 1 amide bonds. The van der Waals surface area contributed by atoms with Crippen molar-refractivity contribution in [2.75, 3.05) is 6.54 Å². The minimum atomic E-state index is 0.00285. The number of rotatable bonds is 4. The van der Waals surface area contributed by atoms with Crippen LogP contribution in [0.4, 0.5) is 0 Å². The number of pyridine rings is 2. The van der Waals surface area contributed by atoms with Gasteiger partial charge < -0.3 is 19.8 Å². The van der Waals surface area contributed by atoms with Crippen LogP contribution in [0.1, 0.15) is 36.0 Å². The van der Waals surface area contributed by atoms with E-state index in [2.05, 4.69) is 20.6 Å². The maximum absolute atomic E-state index is 13.3. The monoisotopic (exact) mass is 475 g/mol. The predicted octanol–water partition coefficient (Wildman–Crippen LogP) is 3.61. The summed E-state index contributed by atoms with van der Waals surface area (Å²) in [6.45, 7) is 1.63. The van der Waals surface area contributed by atoms with Crippen molar-refractivity contribution in [2.45, 2.75) is 44.3 Å². The third-order valence-electron chi connectivity index (χ3n) is 7.98. The molecule has 3 aliphatic rings. The number of fused-ring (bicyclic) bond motifs is 4. The average molecular weight is 476 g/mol. The Kier molecular flexibility index (Phi) is 4.36. The maximum atomic E-state index is 13.3. The molecule has 5 heterocycles. The number of nitrogens with two attached hydrogens (primary N) is 1. The van der Waals surface area contributed by atoms with Gasteiger partial charge in [0.1, 0.15) is 11.2 Å². The Balaban J connectivity index is 1.31. The number of likely N-dealkylation sites (tertiary alicyclic amines) is 1. The van der Waals surface area contributed by atoms with Crippen LogP contribution in [0.5, 0.6) is 0 Å². The van der Waals surface area contributed by atoms with Crippen molar-refractivity contribution < 1.29 is 4.79 Å². The van der Waals surface area contributed by atoms with E-state index in [-0.39, 0.29) is 18.0 Å². The number of carbonyl (C=O) groups is 1. The zero-order chi connectivity index (χ0) is 23.1. The normalized spacial score (nSPS) is 24.1. The van der Waals surface area contributed by atoms with E-state index in [4.69, 9.17) is 22.3 Å². The minimum Gasteiger partial charge on any atom is -0.334 e. The quantitative estimate of drug-likeness (QED) is 0.486. The predicted molar refractivity (Wildman–Crippen MR) is 130 cm³/mol.